The molecule has 6 heteroatoms. The van der Waals surface area contributed by atoms with E-state index in [0.29, 0.717) is 22.1 Å². The van der Waals surface area contributed by atoms with E-state index in [0.717, 1.165) is 5.69 Å². The van der Waals surface area contributed by atoms with Crippen LogP contribution in [0.25, 0.3) is 11.6 Å². The van der Waals surface area contributed by atoms with Gasteiger partial charge in [0.05, 0.1) is 22.6 Å². The number of thiazole rings is 1. The van der Waals surface area contributed by atoms with Crippen molar-refractivity contribution in [3.63, 3.8) is 0 Å². The number of anilines is 2. The lowest BCUT2D eigenvalue weighted by atomic mass is 10.1. The first-order chi connectivity index (χ1) is 12.2. The van der Waals surface area contributed by atoms with Crippen molar-refractivity contribution < 1.29 is 4.79 Å². The van der Waals surface area contributed by atoms with Crippen molar-refractivity contribution in [1.29, 1.82) is 5.26 Å². The van der Waals surface area contributed by atoms with E-state index in [1.165, 1.54) is 18.3 Å². The van der Waals surface area contributed by atoms with Crippen LogP contribution in [0.5, 0.6) is 0 Å². The molecular formula is C19H14N4OS. The SMILES string of the molecule is CC(=O)N(c1ccccc1)c1nc(/C=C(\C#N)c2ccccn2)cs1. The first-order valence-corrected chi connectivity index (χ1v) is 8.41. The second-order valence-corrected chi connectivity index (χ2v) is 5.97. The number of carbonyl (C=O) groups excluding carboxylic acids is 1. The van der Waals surface area contributed by atoms with Crippen LogP contribution in [0.2, 0.25) is 0 Å². The van der Waals surface area contributed by atoms with Crippen LogP contribution < -0.4 is 4.90 Å². The number of aromatic nitrogens is 2. The maximum atomic E-state index is 12.1. The van der Waals surface area contributed by atoms with Crippen molar-refractivity contribution in [1.82, 2.24) is 9.97 Å². The Morgan fingerprint density at radius 1 is 1.20 bits per heavy atom. The van der Waals surface area contributed by atoms with E-state index >= 15 is 0 Å². The van der Waals surface area contributed by atoms with Crippen LogP contribution in [-0.2, 0) is 4.79 Å². The summed E-state index contributed by atoms with van der Waals surface area (Å²) in [5, 5.41) is 11.7. The van der Waals surface area contributed by atoms with Crippen molar-refractivity contribution in [3.05, 3.63) is 71.5 Å². The van der Waals surface area contributed by atoms with Crippen LogP contribution in [-0.4, -0.2) is 15.9 Å². The molecule has 0 spiro atoms. The van der Waals surface area contributed by atoms with E-state index in [1.54, 1.807) is 29.3 Å². The predicted octanol–water partition coefficient (Wildman–Crippen LogP) is 4.29. The molecule has 25 heavy (non-hydrogen) atoms. The molecule has 3 aromatic rings. The molecule has 1 aromatic carbocycles. The number of nitrogens with zero attached hydrogens (tertiary/aromatic N) is 4. The van der Waals surface area contributed by atoms with Gasteiger partial charge >= 0.3 is 0 Å². The van der Waals surface area contributed by atoms with E-state index < -0.39 is 0 Å². The molecule has 0 atom stereocenters. The van der Waals surface area contributed by atoms with E-state index in [-0.39, 0.29) is 5.91 Å². The Bertz CT molecular complexity index is 942. The first kappa shape index (κ1) is 16.6. The summed E-state index contributed by atoms with van der Waals surface area (Å²) in [5.41, 5.74) is 2.38. The highest BCUT2D eigenvalue weighted by Crippen LogP contribution is 2.29. The summed E-state index contributed by atoms with van der Waals surface area (Å²) < 4.78 is 0. The Labute approximate surface area is 149 Å². The molecule has 0 fully saturated rings. The molecule has 0 unspecified atom stereocenters. The fourth-order valence-electron chi connectivity index (χ4n) is 2.28. The number of benzene rings is 1. The third-order valence-electron chi connectivity index (χ3n) is 3.38. The molecule has 0 radical (unpaired) electrons. The average molecular weight is 346 g/mol. The number of allylic oxidation sites excluding steroid dienone is 1. The van der Waals surface area contributed by atoms with E-state index in [9.17, 15) is 10.1 Å². The number of hydrogen-bond donors (Lipinski definition) is 0. The Balaban J connectivity index is 1.95. The minimum atomic E-state index is -0.124. The van der Waals surface area contributed by atoms with Gasteiger partial charge in [0.15, 0.2) is 5.13 Å². The first-order valence-electron chi connectivity index (χ1n) is 7.53. The van der Waals surface area contributed by atoms with Gasteiger partial charge in [0.1, 0.15) is 6.07 Å². The Morgan fingerprint density at radius 2 is 1.96 bits per heavy atom. The van der Waals surface area contributed by atoms with Crippen molar-refractivity contribution in [2.45, 2.75) is 6.92 Å². The molecule has 5 nitrogen and oxygen atoms in total. The van der Waals surface area contributed by atoms with Gasteiger partial charge in [-0.05, 0) is 30.3 Å². The van der Waals surface area contributed by atoms with Gasteiger partial charge in [-0.15, -0.1) is 11.3 Å². The number of rotatable bonds is 4. The predicted molar refractivity (Wildman–Crippen MR) is 99.1 cm³/mol. The van der Waals surface area contributed by atoms with Gasteiger partial charge < -0.3 is 0 Å². The third kappa shape index (κ3) is 3.79. The summed E-state index contributed by atoms with van der Waals surface area (Å²) in [6.45, 7) is 1.50. The van der Waals surface area contributed by atoms with Gasteiger partial charge in [-0.3, -0.25) is 14.7 Å². The fraction of sp³-hybridized carbons (Fsp3) is 0.0526. The zero-order valence-corrected chi connectivity index (χ0v) is 14.3. The van der Waals surface area contributed by atoms with Gasteiger partial charge in [-0.1, -0.05) is 24.3 Å². The standard InChI is InChI=1S/C19H14N4OS/c1-14(24)23(17-7-3-2-4-8-17)19-22-16(13-25-19)11-15(12-20)18-9-5-6-10-21-18/h2-11,13H,1H3/b15-11+. The third-order valence-corrected chi connectivity index (χ3v) is 4.23. The van der Waals surface area contributed by atoms with Crippen LogP contribution in [0, 0.1) is 11.3 Å². The summed E-state index contributed by atoms with van der Waals surface area (Å²) in [6.07, 6.45) is 3.31. The van der Waals surface area contributed by atoms with Crippen molar-refractivity contribution >= 4 is 39.7 Å². The molecule has 0 bridgehead atoms. The van der Waals surface area contributed by atoms with E-state index in [2.05, 4.69) is 16.0 Å². The molecule has 122 valence electrons. The highest BCUT2D eigenvalue weighted by Gasteiger charge is 2.17. The maximum Gasteiger partial charge on any atom is 0.230 e. The summed E-state index contributed by atoms with van der Waals surface area (Å²) in [4.78, 5) is 22.3. The molecule has 0 aliphatic carbocycles. The highest BCUT2D eigenvalue weighted by atomic mass is 32.1. The number of amides is 1. The molecule has 2 heterocycles. The van der Waals surface area contributed by atoms with Gasteiger partial charge in [0.2, 0.25) is 5.91 Å². The smallest absolute Gasteiger partial charge is 0.230 e. The maximum absolute atomic E-state index is 12.1. The van der Waals surface area contributed by atoms with Crippen LogP contribution in [0.15, 0.2) is 60.1 Å². The number of nitriles is 1. The molecule has 0 saturated heterocycles. The quantitative estimate of drug-likeness (QED) is 0.661. The second kappa shape index (κ2) is 7.51. The second-order valence-electron chi connectivity index (χ2n) is 5.13. The lowest BCUT2D eigenvalue weighted by Crippen LogP contribution is -2.22. The highest BCUT2D eigenvalue weighted by molar-refractivity contribution is 7.14. The number of para-hydroxylation sites is 1. The minimum absolute atomic E-state index is 0.124. The van der Waals surface area contributed by atoms with Crippen LogP contribution in [0.4, 0.5) is 10.8 Å². The molecule has 0 aliphatic heterocycles. The summed E-state index contributed by atoms with van der Waals surface area (Å²) in [5.74, 6) is -0.124. The number of carbonyl (C=O) groups is 1. The molecule has 0 aliphatic rings. The molecular weight excluding hydrogens is 332 g/mol. The summed E-state index contributed by atoms with van der Waals surface area (Å²) in [7, 11) is 0. The van der Waals surface area contributed by atoms with Gasteiger partial charge in [0.25, 0.3) is 0 Å². The topological polar surface area (TPSA) is 69.9 Å². The van der Waals surface area contributed by atoms with Crippen LogP contribution in [0.3, 0.4) is 0 Å². The largest absolute Gasteiger partial charge is 0.274 e. The van der Waals surface area contributed by atoms with E-state index in [1.807, 2.05) is 41.8 Å². The van der Waals surface area contributed by atoms with Gasteiger partial charge in [-0.25, -0.2) is 4.98 Å². The van der Waals surface area contributed by atoms with Crippen molar-refractivity contribution in [2.75, 3.05) is 4.90 Å². The number of hydrogen-bond acceptors (Lipinski definition) is 5. The molecule has 3 rings (SSSR count). The zero-order valence-electron chi connectivity index (χ0n) is 13.5. The van der Waals surface area contributed by atoms with Gasteiger partial charge in [-0.2, -0.15) is 5.26 Å². The lowest BCUT2D eigenvalue weighted by molar-refractivity contribution is -0.115. The summed E-state index contributed by atoms with van der Waals surface area (Å²) >= 11 is 1.35. The zero-order chi connectivity index (χ0) is 17.6. The molecule has 2 aromatic heterocycles. The average Bonchev–Trinajstić information content (AvgIpc) is 3.09. The fourth-order valence-corrected chi connectivity index (χ4v) is 3.13. The lowest BCUT2D eigenvalue weighted by Gasteiger charge is -2.17. The Morgan fingerprint density at radius 3 is 2.60 bits per heavy atom. The molecule has 0 N–H and O–H groups in total. The minimum Gasteiger partial charge on any atom is -0.274 e. The van der Waals surface area contributed by atoms with E-state index in [4.69, 9.17) is 0 Å². The van der Waals surface area contributed by atoms with Gasteiger partial charge in [0, 0.05) is 18.5 Å². The molecule has 0 saturated carbocycles. The van der Waals surface area contributed by atoms with Crippen molar-refractivity contribution in [3.8, 4) is 6.07 Å². The monoisotopic (exact) mass is 346 g/mol. The Kier molecular flexibility index (Phi) is 4.97. The number of pyridine rings is 1. The normalized spacial score (nSPS) is 11.0. The van der Waals surface area contributed by atoms with Crippen LogP contribution >= 0.6 is 11.3 Å². The van der Waals surface area contributed by atoms with Crippen LogP contribution in [0.1, 0.15) is 18.3 Å². The summed E-state index contributed by atoms with van der Waals surface area (Å²) in [6, 6.07) is 16.9. The Hall–Kier alpha value is -3.30. The molecule has 1 amide bonds. The van der Waals surface area contributed by atoms with Crippen molar-refractivity contribution in [2.24, 2.45) is 0 Å².